The second-order valence-corrected chi connectivity index (χ2v) is 7.02. The second kappa shape index (κ2) is 5.46. The number of carboxylic acids is 2. The summed E-state index contributed by atoms with van der Waals surface area (Å²) in [6.07, 6.45) is -0.705. The summed E-state index contributed by atoms with van der Waals surface area (Å²) in [5, 5.41) is 17.2. The number of carbonyl (C=O) groups is 2. The van der Waals surface area contributed by atoms with Gasteiger partial charge in [0.1, 0.15) is 6.04 Å². The highest BCUT2D eigenvalue weighted by atomic mass is 32.2. The molecule has 0 aliphatic heterocycles. The second-order valence-electron chi connectivity index (χ2n) is 4.56. The molecule has 0 saturated heterocycles. The van der Waals surface area contributed by atoms with E-state index in [0.717, 1.165) is 0 Å². The molecule has 17 heavy (non-hydrogen) atoms. The Morgan fingerprint density at radius 1 is 1.24 bits per heavy atom. The third-order valence-electron chi connectivity index (χ3n) is 2.05. The van der Waals surface area contributed by atoms with E-state index in [2.05, 4.69) is 0 Å². The molecule has 0 amide bonds. The molecule has 0 bridgehead atoms. The Bertz CT molecular complexity index is 394. The van der Waals surface area contributed by atoms with E-state index in [-0.39, 0.29) is 6.42 Å². The van der Waals surface area contributed by atoms with Crippen LogP contribution in [0.25, 0.3) is 0 Å². The molecule has 0 spiro atoms. The molecule has 0 aromatic carbocycles. The molecule has 8 heteroatoms. The first-order chi connectivity index (χ1) is 7.47. The predicted octanol–water partition coefficient (Wildman–Crippen LogP) is 0.0223. The monoisotopic (exact) mass is 267 g/mol. The number of carboxylic acid groups (broad SMARTS) is 2. The quantitative estimate of drug-likeness (QED) is 0.624. The van der Waals surface area contributed by atoms with Crippen molar-refractivity contribution >= 4 is 22.0 Å². The molecule has 0 aromatic rings. The van der Waals surface area contributed by atoms with E-state index in [0.29, 0.717) is 0 Å². The van der Waals surface area contributed by atoms with Crippen molar-refractivity contribution in [3.05, 3.63) is 0 Å². The first kappa shape index (κ1) is 15.9. The minimum Gasteiger partial charge on any atom is -0.481 e. The molecule has 0 aliphatic carbocycles. The van der Waals surface area contributed by atoms with E-state index in [1.165, 1.54) is 20.8 Å². The number of hydrogen-bond donors (Lipinski definition) is 3. The van der Waals surface area contributed by atoms with Crippen molar-refractivity contribution < 1.29 is 28.2 Å². The van der Waals surface area contributed by atoms with Crippen LogP contribution in [-0.2, 0) is 19.6 Å². The average molecular weight is 267 g/mol. The maximum atomic E-state index is 11.7. The Kier molecular flexibility index (Phi) is 5.09. The van der Waals surface area contributed by atoms with Crippen LogP contribution in [0.4, 0.5) is 0 Å². The van der Waals surface area contributed by atoms with E-state index in [9.17, 15) is 18.0 Å². The average Bonchev–Trinajstić information content (AvgIpc) is 2.09. The Labute approximate surface area is 99.9 Å². The molecule has 0 radical (unpaired) electrons. The summed E-state index contributed by atoms with van der Waals surface area (Å²) >= 11 is 0. The standard InChI is InChI=1S/C9H17NO6S/c1-9(2,3)17(15,16)10-6(8(13)14)4-5-7(11)12/h6,10H,4-5H2,1-3H3,(H,11,12)(H,13,14)/t6-/m0/s1. The van der Waals surface area contributed by atoms with Crippen molar-refractivity contribution in [2.45, 2.75) is 44.4 Å². The lowest BCUT2D eigenvalue weighted by Gasteiger charge is -2.22. The zero-order valence-electron chi connectivity index (χ0n) is 9.93. The summed E-state index contributed by atoms with van der Waals surface area (Å²) in [5.74, 6) is -2.56. The van der Waals surface area contributed by atoms with Crippen molar-refractivity contribution in [2.24, 2.45) is 0 Å². The highest BCUT2D eigenvalue weighted by Gasteiger charge is 2.33. The summed E-state index contributed by atoms with van der Waals surface area (Å²) < 4.78 is 24.2. The SMILES string of the molecule is CC(C)(C)S(=O)(=O)N[C@@H](CCC(=O)O)C(=O)O. The van der Waals surface area contributed by atoms with Gasteiger partial charge in [-0.1, -0.05) is 0 Å². The third kappa shape index (κ3) is 5.14. The van der Waals surface area contributed by atoms with Gasteiger partial charge >= 0.3 is 11.9 Å². The molecular formula is C9H17NO6S. The summed E-state index contributed by atoms with van der Waals surface area (Å²) in [5.41, 5.74) is 0. The Hall–Kier alpha value is -1.15. The lowest BCUT2D eigenvalue weighted by Crippen LogP contribution is -2.48. The number of nitrogens with one attached hydrogen (secondary N) is 1. The van der Waals surface area contributed by atoms with Gasteiger partial charge in [-0.15, -0.1) is 0 Å². The first-order valence-corrected chi connectivity index (χ1v) is 6.42. The van der Waals surface area contributed by atoms with Crippen LogP contribution in [0.5, 0.6) is 0 Å². The lowest BCUT2D eigenvalue weighted by molar-refractivity contribution is -0.140. The molecule has 1 atom stereocenters. The van der Waals surface area contributed by atoms with E-state index in [4.69, 9.17) is 10.2 Å². The molecule has 0 fully saturated rings. The van der Waals surface area contributed by atoms with Crippen LogP contribution in [0.2, 0.25) is 0 Å². The fraction of sp³-hybridized carbons (Fsp3) is 0.778. The van der Waals surface area contributed by atoms with Crippen LogP contribution < -0.4 is 4.72 Å². The van der Waals surface area contributed by atoms with Crippen molar-refractivity contribution in [3.8, 4) is 0 Å². The Morgan fingerprint density at radius 2 is 1.71 bits per heavy atom. The molecule has 0 heterocycles. The van der Waals surface area contributed by atoms with Gasteiger partial charge in [-0.2, -0.15) is 0 Å². The van der Waals surface area contributed by atoms with Crippen molar-refractivity contribution in [1.29, 1.82) is 0 Å². The van der Waals surface area contributed by atoms with Gasteiger partial charge in [-0.05, 0) is 27.2 Å². The van der Waals surface area contributed by atoms with Gasteiger partial charge < -0.3 is 10.2 Å². The predicted molar refractivity (Wildman–Crippen MR) is 60.1 cm³/mol. The van der Waals surface area contributed by atoms with E-state index < -0.39 is 39.2 Å². The van der Waals surface area contributed by atoms with Crippen LogP contribution in [-0.4, -0.2) is 41.4 Å². The van der Waals surface area contributed by atoms with Crippen LogP contribution in [0.1, 0.15) is 33.6 Å². The topological polar surface area (TPSA) is 121 Å². The lowest BCUT2D eigenvalue weighted by atomic mass is 10.2. The third-order valence-corrected chi connectivity index (χ3v) is 4.26. The minimum absolute atomic E-state index is 0.292. The maximum absolute atomic E-state index is 11.7. The Balaban J connectivity index is 4.79. The summed E-state index contributed by atoms with van der Waals surface area (Å²) in [4.78, 5) is 21.1. The zero-order valence-corrected chi connectivity index (χ0v) is 10.7. The molecule has 100 valence electrons. The van der Waals surface area contributed by atoms with Gasteiger partial charge in [0.25, 0.3) is 0 Å². The molecule has 0 aliphatic rings. The van der Waals surface area contributed by atoms with Crippen LogP contribution >= 0.6 is 0 Å². The van der Waals surface area contributed by atoms with Crippen molar-refractivity contribution in [2.75, 3.05) is 0 Å². The van der Waals surface area contributed by atoms with E-state index in [1.807, 2.05) is 4.72 Å². The smallest absolute Gasteiger partial charge is 0.321 e. The first-order valence-electron chi connectivity index (χ1n) is 4.94. The number of hydrogen-bond acceptors (Lipinski definition) is 4. The normalized spacial score (nSPS) is 14.3. The van der Waals surface area contributed by atoms with E-state index >= 15 is 0 Å². The molecular weight excluding hydrogens is 250 g/mol. The number of aliphatic carboxylic acids is 2. The van der Waals surface area contributed by atoms with Crippen molar-refractivity contribution in [3.63, 3.8) is 0 Å². The molecule has 0 unspecified atom stereocenters. The fourth-order valence-corrected chi connectivity index (χ4v) is 1.81. The number of sulfonamides is 1. The van der Waals surface area contributed by atoms with Crippen LogP contribution in [0.3, 0.4) is 0 Å². The van der Waals surface area contributed by atoms with Crippen molar-refractivity contribution in [1.82, 2.24) is 4.72 Å². The largest absolute Gasteiger partial charge is 0.481 e. The summed E-state index contributed by atoms with van der Waals surface area (Å²) in [7, 11) is -3.81. The van der Waals surface area contributed by atoms with Gasteiger partial charge in [0.15, 0.2) is 0 Å². The van der Waals surface area contributed by atoms with Crippen LogP contribution in [0, 0.1) is 0 Å². The van der Waals surface area contributed by atoms with E-state index in [1.54, 1.807) is 0 Å². The maximum Gasteiger partial charge on any atom is 0.321 e. The van der Waals surface area contributed by atoms with Gasteiger partial charge in [0, 0.05) is 6.42 Å². The Morgan fingerprint density at radius 3 is 2.00 bits per heavy atom. The minimum atomic E-state index is -3.81. The fourth-order valence-electron chi connectivity index (χ4n) is 0.865. The van der Waals surface area contributed by atoms with Gasteiger partial charge in [0.2, 0.25) is 10.0 Å². The van der Waals surface area contributed by atoms with Gasteiger partial charge in [-0.25, -0.2) is 13.1 Å². The van der Waals surface area contributed by atoms with Gasteiger partial charge in [0.05, 0.1) is 4.75 Å². The molecule has 7 nitrogen and oxygen atoms in total. The molecule has 3 N–H and O–H groups in total. The highest BCUT2D eigenvalue weighted by Crippen LogP contribution is 2.14. The van der Waals surface area contributed by atoms with Gasteiger partial charge in [-0.3, -0.25) is 9.59 Å². The molecule has 0 aromatic heterocycles. The zero-order chi connectivity index (χ0) is 13.9. The number of rotatable bonds is 6. The highest BCUT2D eigenvalue weighted by molar-refractivity contribution is 7.90. The summed E-state index contributed by atoms with van der Waals surface area (Å²) in [6.45, 7) is 4.27. The molecule has 0 rings (SSSR count). The van der Waals surface area contributed by atoms with Crippen LogP contribution in [0.15, 0.2) is 0 Å². The molecule has 0 saturated carbocycles. The summed E-state index contributed by atoms with van der Waals surface area (Å²) in [6, 6.07) is -1.42.